The van der Waals surface area contributed by atoms with E-state index in [1.165, 1.54) is 5.56 Å². The van der Waals surface area contributed by atoms with Crippen LogP contribution in [-0.4, -0.2) is 37.6 Å². The zero-order valence-electron chi connectivity index (χ0n) is 15.8. The van der Waals surface area contributed by atoms with E-state index in [1.54, 1.807) is 0 Å². The molecule has 1 amide bonds. The fourth-order valence-corrected chi connectivity index (χ4v) is 2.73. The van der Waals surface area contributed by atoms with Crippen molar-refractivity contribution >= 4 is 5.91 Å². The van der Waals surface area contributed by atoms with E-state index in [9.17, 15) is 4.79 Å². The van der Waals surface area contributed by atoms with Gasteiger partial charge in [0.05, 0.1) is 13.2 Å². The van der Waals surface area contributed by atoms with Crippen LogP contribution >= 0.6 is 0 Å². The van der Waals surface area contributed by atoms with Crippen molar-refractivity contribution in [2.45, 2.75) is 32.6 Å². The van der Waals surface area contributed by atoms with Gasteiger partial charge in [0.25, 0.3) is 0 Å². The second-order valence-electron chi connectivity index (χ2n) is 6.24. The Morgan fingerprint density at radius 1 is 0.923 bits per heavy atom. The Morgan fingerprint density at radius 2 is 1.58 bits per heavy atom. The number of hydrogen-bond acceptors (Lipinski definition) is 3. The molecule has 140 valence electrons. The van der Waals surface area contributed by atoms with Gasteiger partial charge >= 0.3 is 0 Å². The van der Waals surface area contributed by atoms with Gasteiger partial charge in [-0.2, -0.15) is 0 Å². The number of para-hydroxylation sites is 2. The lowest BCUT2D eigenvalue weighted by Gasteiger charge is -2.17. The molecule has 0 heterocycles. The monoisotopic (exact) mass is 355 g/mol. The van der Waals surface area contributed by atoms with E-state index in [0.29, 0.717) is 26.1 Å². The third-order valence-electron chi connectivity index (χ3n) is 4.17. The highest BCUT2D eigenvalue weighted by molar-refractivity contribution is 5.75. The van der Waals surface area contributed by atoms with Crippen molar-refractivity contribution in [2.75, 3.05) is 26.8 Å². The first kappa shape index (κ1) is 19.8. The maximum Gasteiger partial charge on any atom is 0.222 e. The highest BCUT2D eigenvalue weighted by atomic mass is 16.5. The summed E-state index contributed by atoms with van der Waals surface area (Å²) in [6, 6.07) is 18.0. The van der Waals surface area contributed by atoms with E-state index >= 15 is 0 Å². The normalized spacial score (nSPS) is 10.4. The molecule has 0 saturated carbocycles. The molecule has 0 unspecified atom stereocenters. The predicted octanol–water partition coefficient (Wildman–Crippen LogP) is 4.34. The summed E-state index contributed by atoms with van der Waals surface area (Å²) in [5, 5.41) is 0. The van der Waals surface area contributed by atoms with E-state index < -0.39 is 0 Å². The SMILES string of the molecule is CCOc1ccccc1OCCCC(=O)N(C)CCCc1ccccc1. The molecule has 0 aliphatic heterocycles. The first-order chi connectivity index (χ1) is 12.7. The summed E-state index contributed by atoms with van der Waals surface area (Å²) in [5.41, 5.74) is 1.31. The van der Waals surface area contributed by atoms with Crippen molar-refractivity contribution < 1.29 is 14.3 Å². The van der Waals surface area contributed by atoms with Gasteiger partial charge in [-0.25, -0.2) is 0 Å². The number of aryl methyl sites for hydroxylation is 1. The number of hydrogen-bond donors (Lipinski definition) is 0. The average Bonchev–Trinajstić information content (AvgIpc) is 2.67. The molecule has 4 nitrogen and oxygen atoms in total. The quantitative estimate of drug-likeness (QED) is 0.563. The van der Waals surface area contributed by atoms with Crippen molar-refractivity contribution in [1.82, 2.24) is 4.90 Å². The maximum absolute atomic E-state index is 12.2. The topological polar surface area (TPSA) is 38.8 Å². The summed E-state index contributed by atoms with van der Waals surface area (Å²) in [6.45, 7) is 3.84. The first-order valence-corrected chi connectivity index (χ1v) is 9.33. The minimum Gasteiger partial charge on any atom is -0.490 e. The summed E-state index contributed by atoms with van der Waals surface area (Å²) >= 11 is 0. The lowest BCUT2D eigenvalue weighted by atomic mass is 10.1. The van der Waals surface area contributed by atoms with Crippen LogP contribution in [0.25, 0.3) is 0 Å². The number of carbonyl (C=O) groups is 1. The molecule has 0 N–H and O–H groups in total. The lowest BCUT2D eigenvalue weighted by molar-refractivity contribution is -0.130. The summed E-state index contributed by atoms with van der Waals surface area (Å²) in [5.74, 6) is 1.65. The molecule has 0 aliphatic rings. The highest BCUT2D eigenvalue weighted by Crippen LogP contribution is 2.26. The van der Waals surface area contributed by atoms with Crippen LogP contribution < -0.4 is 9.47 Å². The van der Waals surface area contributed by atoms with Crippen LogP contribution in [0, 0.1) is 0 Å². The molecule has 0 radical (unpaired) electrons. The standard InChI is InChI=1S/C22H29NO3/c1-3-25-20-14-7-8-15-21(20)26-18-10-16-22(24)23(2)17-9-13-19-11-5-4-6-12-19/h4-8,11-12,14-15H,3,9-10,13,16-18H2,1-2H3. The van der Waals surface area contributed by atoms with E-state index in [4.69, 9.17) is 9.47 Å². The van der Waals surface area contributed by atoms with E-state index in [0.717, 1.165) is 30.9 Å². The van der Waals surface area contributed by atoms with Gasteiger partial charge in [-0.05, 0) is 43.9 Å². The molecule has 2 aromatic carbocycles. The Hall–Kier alpha value is -2.49. The zero-order chi connectivity index (χ0) is 18.6. The number of carbonyl (C=O) groups excluding carboxylic acids is 1. The lowest BCUT2D eigenvalue weighted by Crippen LogP contribution is -2.28. The number of benzene rings is 2. The van der Waals surface area contributed by atoms with Gasteiger partial charge < -0.3 is 14.4 Å². The number of ether oxygens (including phenoxy) is 2. The van der Waals surface area contributed by atoms with Crippen LogP contribution in [-0.2, 0) is 11.2 Å². The Balaban J connectivity index is 1.63. The predicted molar refractivity (Wildman–Crippen MR) is 105 cm³/mol. The van der Waals surface area contributed by atoms with Crippen molar-refractivity contribution in [2.24, 2.45) is 0 Å². The highest BCUT2D eigenvalue weighted by Gasteiger charge is 2.09. The van der Waals surface area contributed by atoms with Gasteiger partial charge in [-0.1, -0.05) is 42.5 Å². The molecule has 0 atom stereocenters. The smallest absolute Gasteiger partial charge is 0.222 e. The van der Waals surface area contributed by atoms with Crippen LogP contribution in [0.2, 0.25) is 0 Å². The molecule has 0 fully saturated rings. The van der Waals surface area contributed by atoms with Crippen LogP contribution in [0.3, 0.4) is 0 Å². The molecular formula is C22H29NO3. The van der Waals surface area contributed by atoms with E-state index in [-0.39, 0.29) is 5.91 Å². The third-order valence-corrected chi connectivity index (χ3v) is 4.17. The maximum atomic E-state index is 12.2. The molecule has 0 bridgehead atoms. The van der Waals surface area contributed by atoms with Crippen molar-refractivity contribution in [3.05, 3.63) is 60.2 Å². The van der Waals surface area contributed by atoms with Gasteiger partial charge in [0.2, 0.25) is 5.91 Å². The van der Waals surface area contributed by atoms with Crippen molar-refractivity contribution in [3.63, 3.8) is 0 Å². The second kappa shape index (κ2) is 11.2. The van der Waals surface area contributed by atoms with Crippen molar-refractivity contribution in [1.29, 1.82) is 0 Å². The Bertz CT molecular complexity index is 657. The molecule has 4 heteroatoms. The summed E-state index contributed by atoms with van der Waals surface area (Å²) in [4.78, 5) is 14.0. The average molecular weight is 355 g/mol. The number of rotatable bonds is 11. The number of amides is 1. The van der Waals surface area contributed by atoms with Gasteiger partial charge in [0, 0.05) is 20.0 Å². The summed E-state index contributed by atoms with van der Waals surface area (Å²) < 4.78 is 11.3. The minimum absolute atomic E-state index is 0.166. The molecule has 0 aromatic heterocycles. The summed E-state index contributed by atoms with van der Waals surface area (Å²) in [6.07, 6.45) is 3.17. The van der Waals surface area contributed by atoms with Gasteiger partial charge in [-0.15, -0.1) is 0 Å². The van der Waals surface area contributed by atoms with Gasteiger partial charge in [0.15, 0.2) is 11.5 Å². The molecule has 2 aromatic rings. The van der Waals surface area contributed by atoms with Gasteiger partial charge in [-0.3, -0.25) is 4.79 Å². The van der Waals surface area contributed by atoms with E-state index in [1.807, 2.05) is 61.3 Å². The van der Waals surface area contributed by atoms with E-state index in [2.05, 4.69) is 12.1 Å². The fraction of sp³-hybridized carbons (Fsp3) is 0.409. The second-order valence-corrected chi connectivity index (χ2v) is 6.24. The van der Waals surface area contributed by atoms with Crippen LogP contribution in [0.4, 0.5) is 0 Å². The molecule has 2 rings (SSSR count). The first-order valence-electron chi connectivity index (χ1n) is 9.33. The zero-order valence-corrected chi connectivity index (χ0v) is 15.8. The fourth-order valence-electron chi connectivity index (χ4n) is 2.73. The largest absolute Gasteiger partial charge is 0.490 e. The Labute approximate surface area is 156 Å². The minimum atomic E-state index is 0.166. The molecular weight excluding hydrogens is 326 g/mol. The Kier molecular flexibility index (Phi) is 8.53. The molecule has 0 spiro atoms. The van der Waals surface area contributed by atoms with Crippen LogP contribution in [0.15, 0.2) is 54.6 Å². The molecule has 0 aliphatic carbocycles. The van der Waals surface area contributed by atoms with Gasteiger partial charge in [0.1, 0.15) is 0 Å². The van der Waals surface area contributed by atoms with Crippen LogP contribution in [0.5, 0.6) is 11.5 Å². The molecule has 0 saturated heterocycles. The number of nitrogens with zero attached hydrogens (tertiary/aromatic N) is 1. The molecule has 26 heavy (non-hydrogen) atoms. The van der Waals surface area contributed by atoms with Crippen LogP contribution in [0.1, 0.15) is 31.7 Å². The summed E-state index contributed by atoms with van der Waals surface area (Å²) in [7, 11) is 1.87. The third kappa shape index (κ3) is 6.79. The van der Waals surface area contributed by atoms with Crippen molar-refractivity contribution in [3.8, 4) is 11.5 Å². The Morgan fingerprint density at radius 3 is 2.27 bits per heavy atom.